The van der Waals surface area contributed by atoms with Crippen molar-refractivity contribution in [3.8, 4) is 0 Å². The number of carboxylic acids is 1. The molecule has 3 atom stereocenters. The molecule has 1 heterocycles. The van der Waals surface area contributed by atoms with Crippen LogP contribution in [-0.4, -0.2) is 45.5 Å². The molecule has 0 aromatic heterocycles. The largest absolute Gasteiger partial charge is 0.481 e. The molecule has 2 fully saturated rings. The second kappa shape index (κ2) is 6.80. The van der Waals surface area contributed by atoms with E-state index in [1.165, 1.54) is 34.9 Å². The summed E-state index contributed by atoms with van der Waals surface area (Å²) >= 11 is 1.45. The molecule has 3 unspecified atom stereocenters. The molecule has 3 rings (SSSR count). The van der Waals surface area contributed by atoms with E-state index in [2.05, 4.69) is 5.32 Å². The summed E-state index contributed by atoms with van der Waals surface area (Å²) in [5.41, 5.74) is 0.330. The van der Waals surface area contributed by atoms with Gasteiger partial charge in [0.25, 0.3) is 0 Å². The van der Waals surface area contributed by atoms with E-state index >= 15 is 0 Å². The van der Waals surface area contributed by atoms with Crippen molar-refractivity contribution >= 4 is 35.2 Å². The molecule has 2 aliphatic rings. The van der Waals surface area contributed by atoms with Gasteiger partial charge in [-0.1, -0.05) is 6.07 Å². The van der Waals surface area contributed by atoms with Crippen LogP contribution in [0.4, 0.5) is 10.1 Å². The Morgan fingerprint density at radius 2 is 2.00 bits per heavy atom. The lowest BCUT2D eigenvalue weighted by Crippen LogP contribution is -2.51. The minimum absolute atomic E-state index is 0.280. The Morgan fingerprint density at radius 3 is 2.62 bits per heavy atom. The second-order valence-corrected chi connectivity index (χ2v) is 6.95. The normalized spacial score (nSPS) is 25.9. The number of carbonyl (C=O) groups excluding carboxylic acids is 2. The zero-order valence-electron chi connectivity index (χ0n) is 12.8. The average Bonchev–Trinajstić information content (AvgIpc) is 2.94. The first kappa shape index (κ1) is 16.8. The molecule has 8 heteroatoms. The summed E-state index contributed by atoms with van der Waals surface area (Å²) in [7, 11) is 0. The van der Waals surface area contributed by atoms with E-state index in [1.807, 2.05) is 0 Å². The molecule has 0 bridgehead atoms. The number of nitrogens with zero attached hydrogens (tertiary/aromatic N) is 1. The van der Waals surface area contributed by atoms with Gasteiger partial charge in [0.2, 0.25) is 11.8 Å². The van der Waals surface area contributed by atoms with Crippen molar-refractivity contribution < 1.29 is 23.9 Å². The molecule has 1 aliphatic carbocycles. The van der Waals surface area contributed by atoms with E-state index < -0.39 is 29.7 Å². The van der Waals surface area contributed by atoms with Crippen molar-refractivity contribution in [2.75, 3.05) is 16.9 Å². The van der Waals surface area contributed by atoms with Gasteiger partial charge in [0.05, 0.1) is 17.7 Å². The maximum Gasteiger partial charge on any atom is 0.307 e. The highest BCUT2D eigenvalue weighted by Crippen LogP contribution is 2.38. The standard InChI is InChI=1S/C16H17FN2O4S/c17-9-2-1-3-10(6-9)18-14(20)13-7-24-8-19(13)15(21)11-4-5-12(11)16(22)23/h1-3,6,11-13H,4-5,7-8H2,(H,18,20)(H,22,23). The number of benzene rings is 1. The van der Waals surface area contributed by atoms with Crippen LogP contribution in [0.1, 0.15) is 12.8 Å². The van der Waals surface area contributed by atoms with Crippen LogP contribution in [-0.2, 0) is 14.4 Å². The van der Waals surface area contributed by atoms with Gasteiger partial charge < -0.3 is 15.3 Å². The van der Waals surface area contributed by atoms with E-state index in [-0.39, 0.29) is 11.8 Å². The van der Waals surface area contributed by atoms with Crippen LogP contribution in [0.3, 0.4) is 0 Å². The summed E-state index contributed by atoms with van der Waals surface area (Å²) in [6, 6.07) is 4.88. The first-order valence-corrected chi connectivity index (χ1v) is 8.80. The molecule has 6 nitrogen and oxygen atoms in total. The van der Waals surface area contributed by atoms with E-state index in [1.54, 1.807) is 6.07 Å². The summed E-state index contributed by atoms with van der Waals surface area (Å²) in [6.07, 6.45) is 1.03. The maximum atomic E-state index is 13.2. The van der Waals surface area contributed by atoms with Crippen molar-refractivity contribution in [2.45, 2.75) is 18.9 Å². The number of aliphatic carboxylic acids is 1. The van der Waals surface area contributed by atoms with Crippen molar-refractivity contribution in [2.24, 2.45) is 11.8 Å². The van der Waals surface area contributed by atoms with E-state index in [4.69, 9.17) is 5.11 Å². The SMILES string of the molecule is O=C(O)C1CCC1C(=O)N1CSCC1C(=O)Nc1cccc(F)c1. The lowest BCUT2D eigenvalue weighted by Gasteiger charge is -2.36. The first-order chi connectivity index (χ1) is 11.5. The number of nitrogens with one attached hydrogen (secondary N) is 1. The number of hydrogen-bond acceptors (Lipinski definition) is 4. The van der Waals surface area contributed by atoms with Crippen LogP contribution in [0.2, 0.25) is 0 Å². The molecule has 1 saturated heterocycles. The van der Waals surface area contributed by atoms with Crippen LogP contribution in [0.15, 0.2) is 24.3 Å². The van der Waals surface area contributed by atoms with Crippen LogP contribution < -0.4 is 5.32 Å². The van der Waals surface area contributed by atoms with Gasteiger partial charge in [0.1, 0.15) is 11.9 Å². The molecule has 2 amide bonds. The lowest BCUT2D eigenvalue weighted by molar-refractivity contribution is -0.157. The Balaban J connectivity index is 1.67. The Labute approximate surface area is 142 Å². The monoisotopic (exact) mass is 352 g/mol. The number of carboxylic acid groups (broad SMARTS) is 1. The van der Waals surface area contributed by atoms with E-state index in [9.17, 15) is 18.8 Å². The Bertz CT molecular complexity index is 684. The number of rotatable bonds is 4. The van der Waals surface area contributed by atoms with Crippen LogP contribution >= 0.6 is 11.8 Å². The fraction of sp³-hybridized carbons (Fsp3) is 0.438. The average molecular weight is 352 g/mol. The summed E-state index contributed by atoms with van der Waals surface area (Å²) in [5, 5.41) is 11.7. The Hall–Kier alpha value is -2.09. The fourth-order valence-electron chi connectivity index (χ4n) is 2.97. The van der Waals surface area contributed by atoms with Crippen molar-refractivity contribution in [3.05, 3.63) is 30.1 Å². The number of hydrogen-bond donors (Lipinski definition) is 2. The van der Waals surface area contributed by atoms with Crippen molar-refractivity contribution in [1.82, 2.24) is 4.90 Å². The highest BCUT2D eigenvalue weighted by Gasteiger charge is 2.46. The molecular weight excluding hydrogens is 335 g/mol. The lowest BCUT2D eigenvalue weighted by atomic mass is 9.73. The van der Waals surface area contributed by atoms with Gasteiger partial charge in [-0.25, -0.2) is 4.39 Å². The summed E-state index contributed by atoms with van der Waals surface area (Å²) in [6.45, 7) is 0. The highest BCUT2D eigenvalue weighted by atomic mass is 32.2. The van der Waals surface area contributed by atoms with Crippen LogP contribution in [0.25, 0.3) is 0 Å². The molecule has 1 saturated carbocycles. The molecule has 2 N–H and O–H groups in total. The third-order valence-electron chi connectivity index (χ3n) is 4.47. The number of carbonyl (C=O) groups is 3. The van der Waals surface area contributed by atoms with Crippen molar-refractivity contribution in [3.63, 3.8) is 0 Å². The van der Waals surface area contributed by atoms with Gasteiger partial charge in [0, 0.05) is 11.4 Å². The van der Waals surface area contributed by atoms with Gasteiger partial charge in [-0.15, -0.1) is 11.8 Å². The molecular formula is C16H17FN2O4S. The van der Waals surface area contributed by atoms with Gasteiger partial charge in [-0.2, -0.15) is 0 Å². The van der Waals surface area contributed by atoms with E-state index in [0.717, 1.165) is 0 Å². The third-order valence-corrected chi connectivity index (χ3v) is 5.48. The molecule has 0 spiro atoms. The minimum atomic E-state index is -0.966. The highest BCUT2D eigenvalue weighted by molar-refractivity contribution is 7.99. The smallest absolute Gasteiger partial charge is 0.307 e. The number of thioether (sulfide) groups is 1. The van der Waals surface area contributed by atoms with Crippen LogP contribution in [0, 0.1) is 17.7 Å². The molecule has 24 heavy (non-hydrogen) atoms. The Kier molecular flexibility index (Phi) is 4.75. The molecule has 1 aliphatic heterocycles. The minimum Gasteiger partial charge on any atom is -0.481 e. The molecule has 1 aromatic rings. The second-order valence-electron chi connectivity index (χ2n) is 5.95. The van der Waals surface area contributed by atoms with Gasteiger partial charge in [-0.05, 0) is 31.0 Å². The van der Waals surface area contributed by atoms with Gasteiger partial charge >= 0.3 is 5.97 Å². The molecule has 128 valence electrons. The third kappa shape index (κ3) is 3.24. The Morgan fingerprint density at radius 1 is 1.25 bits per heavy atom. The van der Waals surface area contributed by atoms with Crippen LogP contribution in [0.5, 0.6) is 0 Å². The topological polar surface area (TPSA) is 86.7 Å². The zero-order valence-corrected chi connectivity index (χ0v) is 13.6. The number of amides is 2. The summed E-state index contributed by atoms with van der Waals surface area (Å²) < 4.78 is 13.2. The fourth-order valence-corrected chi connectivity index (χ4v) is 4.14. The number of halogens is 1. The van der Waals surface area contributed by atoms with Gasteiger partial charge in [-0.3, -0.25) is 14.4 Å². The molecule has 1 aromatic carbocycles. The predicted molar refractivity (Wildman–Crippen MR) is 86.8 cm³/mol. The molecule has 0 radical (unpaired) electrons. The van der Waals surface area contributed by atoms with Crippen molar-refractivity contribution in [1.29, 1.82) is 0 Å². The summed E-state index contributed by atoms with van der Waals surface area (Å²) in [5.74, 6) is -2.49. The number of anilines is 1. The predicted octanol–water partition coefficient (Wildman–Crippen LogP) is 1.78. The van der Waals surface area contributed by atoms with E-state index in [0.29, 0.717) is 30.2 Å². The maximum absolute atomic E-state index is 13.2. The van der Waals surface area contributed by atoms with Gasteiger partial charge in [0.15, 0.2) is 0 Å². The zero-order chi connectivity index (χ0) is 17.3. The quantitative estimate of drug-likeness (QED) is 0.863. The first-order valence-electron chi connectivity index (χ1n) is 7.65. The summed E-state index contributed by atoms with van der Waals surface area (Å²) in [4.78, 5) is 37.6.